The minimum absolute atomic E-state index is 0.0261. The van der Waals surface area contributed by atoms with E-state index in [1.54, 1.807) is 13.8 Å². The van der Waals surface area contributed by atoms with Crippen molar-refractivity contribution in [3.8, 4) is 12.1 Å². The van der Waals surface area contributed by atoms with Crippen LogP contribution in [0.2, 0.25) is 0 Å². The summed E-state index contributed by atoms with van der Waals surface area (Å²) in [4.78, 5) is 3.78. The number of sulfonamides is 1. The molecule has 1 heterocycles. The Labute approximate surface area is 113 Å². The van der Waals surface area contributed by atoms with Gasteiger partial charge in [-0.25, -0.2) is 13.4 Å². The molecule has 0 aromatic carbocycles. The van der Waals surface area contributed by atoms with Crippen LogP contribution >= 0.6 is 0 Å². The first-order valence-electron chi connectivity index (χ1n) is 5.68. The summed E-state index contributed by atoms with van der Waals surface area (Å²) < 4.78 is 26.0. The summed E-state index contributed by atoms with van der Waals surface area (Å²) in [7, 11) is -3.69. The van der Waals surface area contributed by atoms with Crippen LogP contribution in [0.3, 0.4) is 0 Å². The van der Waals surface area contributed by atoms with Crippen LogP contribution in [-0.4, -0.2) is 30.3 Å². The van der Waals surface area contributed by atoms with Crippen LogP contribution in [0.15, 0.2) is 23.2 Å². The lowest BCUT2D eigenvalue weighted by molar-refractivity contribution is 0.360. The molecule has 0 fully saturated rings. The van der Waals surface area contributed by atoms with E-state index >= 15 is 0 Å². The minimum atomic E-state index is -3.69. The lowest BCUT2D eigenvalue weighted by Crippen LogP contribution is -2.37. The smallest absolute Gasteiger partial charge is 0.244 e. The van der Waals surface area contributed by atoms with Gasteiger partial charge in [-0.2, -0.15) is 14.8 Å². The summed E-state index contributed by atoms with van der Waals surface area (Å²) in [5.74, 6) is 0. The molecule has 100 valence electrons. The van der Waals surface area contributed by atoms with E-state index in [1.807, 2.05) is 12.1 Å². The zero-order valence-corrected chi connectivity index (χ0v) is 11.6. The van der Waals surface area contributed by atoms with Gasteiger partial charge in [0.1, 0.15) is 16.7 Å². The topological polar surface area (TPSA) is 97.9 Å². The van der Waals surface area contributed by atoms with Crippen molar-refractivity contribution in [1.29, 1.82) is 10.5 Å². The van der Waals surface area contributed by atoms with Crippen LogP contribution in [-0.2, 0) is 10.0 Å². The molecule has 0 atom stereocenters. The Morgan fingerprint density at radius 2 is 2.05 bits per heavy atom. The van der Waals surface area contributed by atoms with Gasteiger partial charge in [-0.3, -0.25) is 0 Å². The maximum atomic E-state index is 12.4. The van der Waals surface area contributed by atoms with E-state index in [9.17, 15) is 8.42 Å². The van der Waals surface area contributed by atoms with Gasteiger partial charge in [0.05, 0.1) is 6.07 Å². The second-order valence-electron chi connectivity index (χ2n) is 4.11. The Morgan fingerprint density at radius 3 is 2.47 bits per heavy atom. The van der Waals surface area contributed by atoms with Crippen LogP contribution in [0.4, 0.5) is 0 Å². The predicted molar refractivity (Wildman–Crippen MR) is 68.2 cm³/mol. The number of nitrogens with zero attached hydrogens (tertiary/aromatic N) is 4. The first kappa shape index (κ1) is 15.1. The fraction of sp³-hybridized carbons (Fsp3) is 0.417. The van der Waals surface area contributed by atoms with Crippen molar-refractivity contribution >= 4 is 10.0 Å². The third-order valence-corrected chi connectivity index (χ3v) is 4.54. The van der Waals surface area contributed by atoms with Crippen molar-refractivity contribution in [3.63, 3.8) is 0 Å². The third kappa shape index (κ3) is 3.50. The molecule has 0 aliphatic carbocycles. The SMILES string of the molecule is CC(C)N(CCC#N)S(=O)(=O)c1ccc(C#N)nc1. The van der Waals surface area contributed by atoms with Crippen molar-refractivity contribution < 1.29 is 8.42 Å². The van der Waals surface area contributed by atoms with Crippen molar-refractivity contribution in [3.05, 3.63) is 24.0 Å². The predicted octanol–water partition coefficient (Wildman–Crippen LogP) is 1.27. The Balaban J connectivity index is 3.12. The monoisotopic (exact) mass is 278 g/mol. The second-order valence-corrected chi connectivity index (χ2v) is 6.00. The average molecular weight is 278 g/mol. The van der Waals surface area contributed by atoms with Crippen LogP contribution in [0.5, 0.6) is 0 Å². The molecular weight excluding hydrogens is 264 g/mol. The van der Waals surface area contributed by atoms with Gasteiger partial charge in [0.25, 0.3) is 0 Å². The van der Waals surface area contributed by atoms with E-state index in [4.69, 9.17) is 10.5 Å². The molecule has 7 heteroatoms. The minimum Gasteiger partial charge on any atom is -0.244 e. The first-order valence-corrected chi connectivity index (χ1v) is 7.12. The highest BCUT2D eigenvalue weighted by Crippen LogP contribution is 2.17. The van der Waals surface area contributed by atoms with E-state index in [0.717, 1.165) is 6.20 Å². The molecule has 19 heavy (non-hydrogen) atoms. The molecule has 6 nitrogen and oxygen atoms in total. The molecular formula is C12H14N4O2S. The van der Waals surface area contributed by atoms with E-state index in [0.29, 0.717) is 0 Å². The van der Waals surface area contributed by atoms with E-state index in [1.165, 1.54) is 16.4 Å². The van der Waals surface area contributed by atoms with Gasteiger partial charge >= 0.3 is 0 Å². The second kappa shape index (κ2) is 6.28. The highest BCUT2D eigenvalue weighted by Gasteiger charge is 2.26. The zero-order chi connectivity index (χ0) is 14.5. The Bertz CT molecular complexity index is 609. The summed E-state index contributed by atoms with van der Waals surface area (Å²) in [5.41, 5.74) is 0.159. The summed E-state index contributed by atoms with van der Waals surface area (Å²) in [6.07, 6.45) is 1.29. The molecule has 0 saturated heterocycles. The molecule has 0 saturated carbocycles. The lowest BCUT2D eigenvalue weighted by atomic mass is 10.3. The molecule has 0 N–H and O–H groups in total. The summed E-state index contributed by atoms with van der Waals surface area (Å²) in [5, 5.41) is 17.2. The Hall–Kier alpha value is -1.96. The van der Waals surface area contributed by atoms with Gasteiger partial charge in [0.2, 0.25) is 10.0 Å². The molecule has 0 unspecified atom stereocenters. The number of rotatable bonds is 5. The molecule has 1 aromatic heterocycles. The standard InChI is InChI=1S/C12H14N4O2S/c1-10(2)16(7-3-6-13)19(17,18)12-5-4-11(8-14)15-9-12/h4-5,9-10H,3,7H2,1-2H3. The summed E-state index contributed by atoms with van der Waals surface area (Å²) in [6.45, 7) is 3.62. The molecule has 1 aromatic rings. The molecule has 1 rings (SSSR count). The Kier molecular flexibility index (Phi) is 4.99. The quantitative estimate of drug-likeness (QED) is 0.807. The van der Waals surface area contributed by atoms with Crippen LogP contribution in [0.1, 0.15) is 26.0 Å². The van der Waals surface area contributed by atoms with E-state index in [2.05, 4.69) is 4.98 Å². The van der Waals surface area contributed by atoms with Crippen molar-refractivity contribution in [1.82, 2.24) is 9.29 Å². The maximum absolute atomic E-state index is 12.4. The van der Waals surface area contributed by atoms with Gasteiger partial charge in [-0.05, 0) is 26.0 Å². The fourth-order valence-corrected chi connectivity index (χ4v) is 3.13. The molecule has 0 aliphatic heterocycles. The number of pyridine rings is 1. The molecule has 0 spiro atoms. The number of hydrogen-bond donors (Lipinski definition) is 0. The van der Waals surface area contributed by atoms with Gasteiger partial charge in [0, 0.05) is 25.2 Å². The van der Waals surface area contributed by atoms with Crippen molar-refractivity contribution in [2.45, 2.75) is 31.2 Å². The average Bonchev–Trinajstić information content (AvgIpc) is 2.38. The molecule has 0 bridgehead atoms. The zero-order valence-electron chi connectivity index (χ0n) is 10.7. The number of aromatic nitrogens is 1. The lowest BCUT2D eigenvalue weighted by Gasteiger charge is -2.24. The maximum Gasteiger partial charge on any atom is 0.244 e. The highest BCUT2D eigenvalue weighted by atomic mass is 32.2. The van der Waals surface area contributed by atoms with E-state index in [-0.39, 0.29) is 29.6 Å². The summed E-state index contributed by atoms with van der Waals surface area (Å²) >= 11 is 0. The molecule has 0 aliphatic rings. The van der Waals surface area contributed by atoms with Gasteiger partial charge in [-0.15, -0.1) is 0 Å². The summed E-state index contributed by atoms with van der Waals surface area (Å²) in [6, 6.07) is 6.21. The molecule has 0 amide bonds. The van der Waals surface area contributed by atoms with Gasteiger partial charge < -0.3 is 0 Å². The van der Waals surface area contributed by atoms with Crippen molar-refractivity contribution in [2.75, 3.05) is 6.54 Å². The number of hydrogen-bond acceptors (Lipinski definition) is 5. The first-order chi connectivity index (χ1) is 8.93. The van der Waals surface area contributed by atoms with Crippen LogP contribution in [0, 0.1) is 22.7 Å². The van der Waals surface area contributed by atoms with Gasteiger partial charge in [-0.1, -0.05) is 0 Å². The fourth-order valence-electron chi connectivity index (χ4n) is 1.55. The van der Waals surface area contributed by atoms with Crippen LogP contribution < -0.4 is 0 Å². The van der Waals surface area contributed by atoms with Gasteiger partial charge in [0.15, 0.2) is 0 Å². The Morgan fingerprint density at radius 1 is 1.37 bits per heavy atom. The largest absolute Gasteiger partial charge is 0.244 e. The third-order valence-electron chi connectivity index (χ3n) is 2.48. The molecule has 0 radical (unpaired) electrons. The van der Waals surface area contributed by atoms with Crippen LogP contribution in [0.25, 0.3) is 0 Å². The normalized spacial score (nSPS) is 11.3. The highest BCUT2D eigenvalue weighted by molar-refractivity contribution is 7.89. The number of nitriles is 2. The van der Waals surface area contributed by atoms with E-state index < -0.39 is 10.0 Å². The van der Waals surface area contributed by atoms with Crippen molar-refractivity contribution in [2.24, 2.45) is 0 Å².